The zero-order valence-corrected chi connectivity index (χ0v) is 11.5. The topological polar surface area (TPSA) is 56.5 Å². The molecule has 0 radical (unpaired) electrons. The molecular weight excluding hydrogens is 216 g/mol. The largest absolute Gasteiger partial charge is 0.381 e. The van der Waals surface area contributed by atoms with Crippen LogP contribution in [0.1, 0.15) is 46.0 Å². The molecule has 1 saturated heterocycles. The highest BCUT2D eigenvalue weighted by Gasteiger charge is 2.40. The first-order valence-corrected chi connectivity index (χ1v) is 6.81. The van der Waals surface area contributed by atoms with Crippen LogP contribution in [0, 0.1) is 5.92 Å². The molecule has 1 heterocycles. The number of ether oxygens (including phenoxy) is 2. The number of nitrogens with two attached hydrogens (primary N) is 1. The Morgan fingerprint density at radius 2 is 1.88 bits per heavy atom. The van der Waals surface area contributed by atoms with Crippen LogP contribution in [0.4, 0.5) is 0 Å². The van der Waals surface area contributed by atoms with E-state index in [-0.39, 0.29) is 11.6 Å². The Balaban J connectivity index is 2.67. The lowest BCUT2D eigenvalue weighted by atomic mass is 9.80. The molecule has 0 spiro atoms. The second-order valence-corrected chi connectivity index (χ2v) is 5.02. The highest BCUT2D eigenvalue weighted by atomic mass is 16.5. The van der Waals surface area contributed by atoms with E-state index < -0.39 is 0 Å². The van der Waals surface area contributed by atoms with Crippen molar-refractivity contribution in [3.63, 3.8) is 0 Å². The fraction of sp³-hybridized carbons (Fsp3) is 1.00. The molecule has 0 aliphatic carbocycles. The van der Waals surface area contributed by atoms with Crippen molar-refractivity contribution in [3.05, 3.63) is 0 Å². The number of hydrazine groups is 1. The van der Waals surface area contributed by atoms with Crippen molar-refractivity contribution >= 4 is 0 Å². The number of nitrogens with one attached hydrogen (secondary N) is 1. The molecule has 3 N–H and O–H groups in total. The maximum absolute atomic E-state index is 5.80. The lowest BCUT2D eigenvalue weighted by Gasteiger charge is -2.43. The molecule has 102 valence electrons. The van der Waals surface area contributed by atoms with E-state index >= 15 is 0 Å². The summed E-state index contributed by atoms with van der Waals surface area (Å²) in [4.78, 5) is 0. The zero-order valence-electron chi connectivity index (χ0n) is 11.5. The van der Waals surface area contributed by atoms with Crippen molar-refractivity contribution in [3.8, 4) is 0 Å². The molecule has 0 saturated carbocycles. The van der Waals surface area contributed by atoms with Gasteiger partial charge in [-0.25, -0.2) is 0 Å². The van der Waals surface area contributed by atoms with Gasteiger partial charge in [-0.05, 0) is 12.3 Å². The molecule has 4 nitrogen and oxygen atoms in total. The average molecular weight is 244 g/mol. The fourth-order valence-electron chi connectivity index (χ4n) is 2.80. The summed E-state index contributed by atoms with van der Waals surface area (Å²) in [6, 6.07) is 0.223. The highest BCUT2D eigenvalue weighted by Crippen LogP contribution is 2.32. The molecule has 1 atom stereocenters. The minimum absolute atomic E-state index is 0.143. The Bertz CT molecular complexity index is 202. The number of hydrogen-bond donors (Lipinski definition) is 2. The molecule has 17 heavy (non-hydrogen) atoms. The first-order chi connectivity index (χ1) is 8.22. The van der Waals surface area contributed by atoms with Crippen LogP contribution in [-0.4, -0.2) is 32.0 Å². The first kappa shape index (κ1) is 14.9. The molecule has 1 unspecified atom stereocenters. The van der Waals surface area contributed by atoms with Crippen molar-refractivity contribution in [2.75, 3.05) is 20.3 Å². The Hall–Kier alpha value is -0.160. The van der Waals surface area contributed by atoms with Gasteiger partial charge in [0, 0.05) is 33.2 Å². The average Bonchev–Trinajstić information content (AvgIpc) is 2.41. The van der Waals surface area contributed by atoms with Gasteiger partial charge >= 0.3 is 0 Å². The monoisotopic (exact) mass is 244 g/mol. The predicted molar refractivity (Wildman–Crippen MR) is 69.6 cm³/mol. The van der Waals surface area contributed by atoms with Crippen molar-refractivity contribution in [1.29, 1.82) is 0 Å². The molecule has 0 aromatic rings. The molecule has 1 fully saturated rings. The normalized spacial score (nSPS) is 21.7. The van der Waals surface area contributed by atoms with Crippen molar-refractivity contribution in [1.82, 2.24) is 5.43 Å². The number of rotatable bonds is 7. The minimum atomic E-state index is -0.143. The van der Waals surface area contributed by atoms with Crippen LogP contribution in [0.2, 0.25) is 0 Å². The van der Waals surface area contributed by atoms with Gasteiger partial charge in [-0.3, -0.25) is 11.3 Å². The van der Waals surface area contributed by atoms with Gasteiger partial charge in [-0.15, -0.1) is 0 Å². The van der Waals surface area contributed by atoms with Crippen LogP contribution in [0.25, 0.3) is 0 Å². The summed E-state index contributed by atoms with van der Waals surface area (Å²) in [5, 5.41) is 0. The van der Waals surface area contributed by atoms with Gasteiger partial charge in [0.15, 0.2) is 0 Å². The SMILES string of the molecule is CCC(CC)CC(NN)C1(OC)CCOCC1. The van der Waals surface area contributed by atoms with Gasteiger partial charge in [0.25, 0.3) is 0 Å². The van der Waals surface area contributed by atoms with E-state index in [4.69, 9.17) is 15.3 Å². The van der Waals surface area contributed by atoms with Gasteiger partial charge in [0.05, 0.1) is 11.6 Å². The van der Waals surface area contributed by atoms with Crippen LogP contribution in [0.5, 0.6) is 0 Å². The third-order valence-corrected chi connectivity index (χ3v) is 4.31. The predicted octanol–water partition coefficient (Wildman–Crippen LogP) is 1.84. The number of methoxy groups -OCH3 is 1. The zero-order chi connectivity index (χ0) is 12.7. The van der Waals surface area contributed by atoms with Crippen LogP contribution in [0.3, 0.4) is 0 Å². The van der Waals surface area contributed by atoms with Gasteiger partial charge in [0.1, 0.15) is 0 Å². The van der Waals surface area contributed by atoms with Crippen LogP contribution < -0.4 is 11.3 Å². The molecule has 0 amide bonds. The second kappa shape index (κ2) is 7.31. The lowest BCUT2D eigenvalue weighted by molar-refractivity contribution is -0.114. The Kier molecular flexibility index (Phi) is 6.41. The second-order valence-electron chi connectivity index (χ2n) is 5.02. The van der Waals surface area contributed by atoms with E-state index in [1.165, 1.54) is 12.8 Å². The summed E-state index contributed by atoms with van der Waals surface area (Å²) < 4.78 is 11.2. The smallest absolute Gasteiger partial charge is 0.0888 e. The molecule has 0 aromatic carbocycles. The molecule has 0 bridgehead atoms. The van der Waals surface area contributed by atoms with Crippen molar-refractivity contribution < 1.29 is 9.47 Å². The van der Waals surface area contributed by atoms with E-state index in [0.717, 1.165) is 32.5 Å². The fourth-order valence-corrected chi connectivity index (χ4v) is 2.80. The maximum atomic E-state index is 5.80. The summed E-state index contributed by atoms with van der Waals surface area (Å²) in [6.45, 7) is 6.03. The number of hydrogen-bond acceptors (Lipinski definition) is 4. The molecular formula is C13H28N2O2. The summed E-state index contributed by atoms with van der Waals surface area (Å²) in [5.74, 6) is 6.47. The molecule has 1 rings (SSSR count). The molecule has 1 aliphatic rings. The summed E-state index contributed by atoms with van der Waals surface area (Å²) in [6.07, 6.45) is 5.34. The van der Waals surface area contributed by atoms with Crippen LogP contribution in [-0.2, 0) is 9.47 Å². The van der Waals surface area contributed by atoms with Gasteiger partial charge in [0.2, 0.25) is 0 Å². The van der Waals surface area contributed by atoms with Crippen molar-refractivity contribution in [2.45, 2.75) is 57.6 Å². The van der Waals surface area contributed by atoms with Crippen molar-refractivity contribution in [2.24, 2.45) is 11.8 Å². The van der Waals surface area contributed by atoms with Crippen LogP contribution in [0.15, 0.2) is 0 Å². The quantitative estimate of drug-likeness (QED) is 0.530. The van der Waals surface area contributed by atoms with Gasteiger partial charge in [-0.2, -0.15) is 0 Å². The Labute approximate surface area is 105 Å². The highest BCUT2D eigenvalue weighted by molar-refractivity contribution is 4.94. The maximum Gasteiger partial charge on any atom is 0.0888 e. The minimum Gasteiger partial charge on any atom is -0.381 e. The summed E-state index contributed by atoms with van der Waals surface area (Å²) in [7, 11) is 1.79. The molecule has 0 aromatic heterocycles. The molecule has 4 heteroatoms. The van der Waals surface area contributed by atoms with Crippen LogP contribution >= 0.6 is 0 Å². The Morgan fingerprint density at radius 1 is 1.29 bits per heavy atom. The molecule has 1 aliphatic heterocycles. The first-order valence-electron chi connectivity index (χ1n) is 6.81. The third kappa shape index (κ3) is 3.65. The van der Waals surface area contributed by atoms with E-state index in [2.05, 4.69) is 19.3 Å². The summed E-state index contributed by atoms with van der Waals surface area (Å²) in [5.41, 5.74) is 2.84. The third-order valence-electron chi connectivity index (χ3n) is 4.31. The van der Waals surface area contributed by atoms with Gasteiger partial charge < -0.3 is 9.47 Å². The van der Waals surface area contributed by atoms with E-state index in [9.17, 15) is 0 Å². The Morgan fingerprint density at radius 3 is 2.29 bits per heavy atom. The van der Waals surface area contributed by atoms with E-state index in [0.29, 0.717) is 5.92 Å². The van der Waals surface area contributed by atoms with E-state index in [1.807, 2.05) is 0 Å². The van der Waals surface area contributed by atoms with Gasteiger partial charge in [-0.1, -0.05) is 26.7 Å². The lowest BCUT2D eigenvalue weighted by Crippen LogP contribution is -2.57. The van der Waals surface area contributed by atoms with E-state index in [1.54, 1.807) is 7.11 Å². The summed E-state index contributed by atoms with van der Waals surface area (Å²) >= 11 is 0. The standard InChI is InChI=1S/C13H28N2O2/c1-4-11(5-2)10-12(15-14)13(16-3)6-8-17-9-7-13/h11-12,15H,4-10,14H2,1-3H3.